The lowest BCUT2D eigenvalue weighted by atomic mass is 10.0. The number of nitrogens with one attached hydrogen (secondary N) is 1. The van der Waals surface area contributed by atoms with Crippen LogP contribution in [0.4, 0.5) is 0 Å². The Hall–Kier alpha value is -1.40. The maximum atomic E-state index is 12.0. The Labute approximate surface area is 114 Å². The molecule has 0 aliphatic carbocycles. The third kappa shape index (κ3) is 4.33. The summed E-state index contributed by atoms with van der Waals surface area (Å²) in [7, 11) is 5.82. The summed E-state index contributed by atoms with van der Waals surface area (Å²) in [5.74, 6) is 0.297. The molecule has 2 unspecified atom stereocenters. The van der Waals surface area contributed by atoms with E-state index in [1.54, 1.807) is 24.1 Å². The van der Waals surface area contributed by atoms with Crippen LogP contribution in [0.15, 0.2) is 12.4 Å². The smallest absolute Gasteiger partial charge is 0.241 e. The van der Waals surface area contributed by atoms with E-state index in [9.17, 15) is 4.79 Å². The number of nitrogens with two attached hydrogens (primary N) is 1. The highest BCUT2D eigenvalue weighted by Crippen LogP contribution is 2.10. The van der Waals surface area contributed by atoms with Crippen molar-refractivity contribution >= 4 is 5.91 Å². The van der Waals surface area contributed by atoms with Crippen molar-refractivity contribution in [3.63, 3.8) is 0 Å². The molecule has 0 spiro atoms. The van der Waals surface area contributed by atoms with E-state index in [0.717, 1.165) is 5.56 Å². The lowest BCUT2D eigenvalue weighted by molar-refractivity contribution is -0.122. The fourth-order valence-electron chi connectivity index (χ4n) is 2.08. The first-order valence-electron chi connectivity index (χ1n) is 6.51. The second kappa shape index (κ2) is 6.68. The molecular formula is C13H25N5O. The van der Waals surface area contributed by atoms with Crippen molar-refractivity contribution in [3.05, 3.63) is 18.0 Å². The fourth-order valence-corrected chi connectivity index (χ4v) is 2.08. The average Bonchev–Trinajstić information content (AvgIpc) is 2.73. The number of carbonyl (C=O) groups is 1. The third-order valence-corrected chi connectivity index (χ3v) is 3.28. The second-order valence-corrected chi connectivity index (χ2v) is 5.45. The number of nitrogens with zero attached hydrogens (tertiary/aromatic N) is 3. The Balaban J connectivity index is 2.55. The van der Waals surface area contributed by atoms with E-state index in [2.05, 4.69) is 29.2 Å². The molecule has 6 nitrogen and oxygen atoms in total. The molecule has 0 radical (unpaired) electrons. The minimum atomic E-state index is -0.663. The highest BCUT2D eigenvalue weighted by molar-refractivity contribution is 5.82. The van der Waals surface area contributed by atoms with E-state index in [-0.39, 0.29) is 5.91 Å². The van der Waals surface area contributed by atoms with E-state index in [0.29, 0.717) is 18.5 Å². The van der Waals surface area contributed by atoms with E-state index < -0.39 is 6.04 Å². The molecule has 2 atom stereocenters. The van der Waals surface area contributed by atoms with Crippen molar-refractivity contribution in [1.29, 1.82) is 0 Å². The molecule has 1 aromatic rings. The summed E-state index contributed by atoms with van der Waals surface area (Å²) in [5.41, 5.74) is 6.64. The van der Waals surface area contributed by atoms with Crippen LogP contribution in [0.25, 0.3) is 0 Å². The lowest BCUT2D eigenvalue weighted by Gasteiger charge is -2.28. The number of hydrogen-bond donors (Lipinski definition) is 2. The predicted octanol–water partition coefficient (Wildman–Crippen LogP) is 0.122. The Morgan fingerprint density at radius 3 is 2.58 bits per heavy atom. The zero-order valence-corrected chi connectivity index (χ0v) is 12.4. The van der Waals surface area contributed by atoms with Gasteiger partial charge in [0.15, 0.2) is 0 Å². The van der Waals surface area contributed by atoms with E-state index in [1.807, 2.05) is 14.1 Å². The molecule has 1 heterocycles. The van der Waals surface area contributed by atoms with Crippen molar-refractivity contribution in [1.82, 2.24) is 20.0 Å². The summed E-state index contributed by atoms with van der Waals surface area (Å²) >= 11 is 0. The van der Waals surface area contributed by atoms with Gasteiger partial charge in [0.1, 0.15) is 6.04 Å². The van der Waals surface area contributed by atoms with Gasteiger partial charge in [0, 0.05) is 31.4 Å². The van der Waals surface area contributed by atoms with Gasteiger partial charge < -0.3 is 16.0 Å². The third-order valence-electron chi connectivity index (χ3n) is 3.28. The Kier molecular flexibility index (Phi) is 5.50. The molecule has 6 heteroatoms. The first-order valence-corrected chi connectivity index (χ1v) is 6.51. The SMILES string of the molecule is CC(C)C(CNC(=O)C(N)c1cnn(C)c1)N(C)C. The maximum Gasteiger partial charge on any atom is 0.241 e. The van der Waals surface area contributed by atoms with Gasteiger partial charge in [0.25, 0.3) is 0 Å². The number of amides is 1. The predicted molar refractivity (Wildman–Crippen MR) is 75.5 cm³/mol. The molecule has 0 saturated heterocycles. The molecule has 0 aliphatic heterocycles. The van der Waals surface area contributed by atoms with Gasteiger partial charge in [-0.3, -0.25) is 9.48 Å². The molecule has 1 aromatic heterocycles. The summed E-state index contributed by atoms with van der Waals surface area (Å²) in [5, 5.41) is 6.93. The molecule has 0 aliphatic rings. The first-order chi connectivity index (χ1) is 8.82. The average molecular weight is 267 g/mol. The topological polar surface area (TPSA) is 76.2 Å². The number of carbonyl (C=O) groups excluding carboxylic acids is 1. The van der Waals surface area contributed by atoms with Gasteiger partial charge in [-0.15, -0.1) is 0 Å². The van der Waals surface area contributed by atoms with Crippen LogP contribution >= 0.6 is 0 Å². The maximum absolute atomic E-state index is 12.0. The molecule has 0 aromatic carbocycles. The summed E-state index contributed by atoms with van der Waals surface area (Å²) in [6, 6.07) is -0.367. The molecular weight excluding hydrogens is 242 g/mol. The summed E-state index contributed by atoms with van der Waals surface area (Å²) < 4.78 is 1.64. The summed E-state index contributed by atoms with van der Waals surface area (Å²) in [6.07, 6.45) is 3.38. The molecule has 1 rings (SSSR count). The van der Waals surface area contributed by atoms with E-state index >= 15 is 0 Å². The van der Waals surface area contributed by atoms with Gasteiger partial charge in [-0.05, 0) is 20.0 Å². The van der Waals surface area contributed by atoms with Crippen molar-refractivity contribution in [2.75, 3.05) is 20.6 Å². The zero-order chi connectivity index (χ0) is 14.6. The van der Waals surface area contributed by atoms with Gasteiger partial charge in [0.2, 0.25) is 5.91 Å². The fraction of sp³-hybridized carbons (Fsp3) is 0.692. The highest BCUT2D eigenvalue weighted by Gasteiger charge is 2.20. The number of likely N-dealkylation sites (N-methyl/N-ethyl adjacent to an activating group) is 1. The molecule has 108 valence electrons. The van der Waals surface area contributed by atoms with Crippen LogP contribution in [-0.2, 0) is 11.8 Å². The van der Waals surface area contributed by atoms with Crippen LogP contribution in [0.5, 0.6) is 0 Å². The monoisotopic (exact) mass is 267 g/mol. The number of hydrogen-bond acceptors (Lipinski definition) is 4. The van der Waals surface area contributed by atoms with Crippen LogP contribution < -0.4 is 11.1 Å². The van der Waals surface area contributed by atoms with E-state index in [1.165, 1.54) is 0 Å². The molecule has 1 amide bonds. The van der Waals surface area contributed by atoms with Gasteiger partial charge >= 0.3 is 0 Å². The Bertz CT molecular complexity index is 405. The van der Waals surface area contributed by atoms with Crippen LogP contribution in [0.1, 0.15) is 25.5 Å². The molecule has 3 N–H and O–H groups in total. The van der Waals surface area contributed by atoms with Crippen LogP contribution in [0, 0.1) is 5.92 Å². The van der Waals surface area contributed by atoms with Gasteiger partial charge in [-0.1, -0.05) is 13.8 Å². The van der Waals surface area contributed by atoms with Gasteiger partial charge in [0.05, 0.1) is 6.20 Å². The van der Waals surface area contributed by atoms with Crippen LogP contribution in [0.2, 0.25) is 0 Å². The van der Waals surface area contributed by atoms with Crippen molar-refractivity contribution in [3.8, 4) is 0 Å². The summed E-state index contributed by atoms with van der Waals surface area (Å²) in [6.45, 7) is 4.87. The molecule has 19 heavy (non-hydrogen) atoms. The number of rotatable bonds is 6. The molecule has 0 fully saturated rings. The normalized spacial score (nSPS) is 14.7. The minimum Gasteiger partial charge on any atom is -0.353 e. The van der Waals surface area contributed by atoms with Gasteiger partial charge in [-0.2, -0.15) is 5.10 Å². The second-order valence-electron chi connectivity index (χ2n) is 5.45. The van der Waals surface area contributed by atoms with Gasteiger partial charge in [-0.25, -0.2) is 0 Å². The lowest BCUT2D eigenvalue weighted by Crippen LogP contribution is -2.45. The summed E-state index contributed by atoms with van der Waals surface area (Å²) in [4.78, 5) is 14.1. The number of aryl methyl sites for hydroxylation is 1. The number of aromatic nitrogens is 2. The highest BCUT2D eigenvalue weighted by atomic mass is 16.2. The van der Waals surface area contributed by atoms with Crippen LogP contribution in [0.3, 0.4) is 0 Å². The Morgan fingerprint density at radius 2 is 2.16 bits per heavy atom. The van der Waals surface area contributed by atoms with Crippen molar-refractivity contribution < 1.29 is 4.79 Å². The van der Waals surface area contributed by atoms with Crippen molar-refractivity contribution in [2.45, 2.75) is 25.9 Å². The van der Waals surface area contributed by atoms with Crippen molar-refractivity contribution in [2.24, 2.45) is 18.7 Å². The molecule has 0 saturated carbocycles. The van der Waals surface area contributed by atoms with E-state index in [4.69, 9.17) is 5.73 Å². The minimum absolute atomic E-state index is 0.166. The quantitative estimate of drug-likeness (QED) is 0.768. The zero-order valence-electron chi connectivity index (χ0n) is 12.4. The first kappa shape index (κ1) is 15.7. The Morgan fingerprint density at radius 1 is 1.53 bits per heavy atom. The largest absolute Gasteiger partial charge is 0.353 e. The standard InChI is InChI=1S/C13H25N5O/c1-9(2)11(17(3)4)7-15-13(19)12(14)10-6-16-18(5)8-10/h6,8-9,11-12H,7,14H2,1-5H3,(H,15,19). The molecule has 0 bridgehead atoms. The van der Waals surface area contributed by atoms with Crippen LogP contribution in [-0.4, -0.2) is 47.3 Å².